The fourth-order valence-corrected chi connectivity index (χ4v) is 2.70. The fraction of sp³-hybridized carbons (Fsp3) is 0.400. The molecule has 3 amide bonds. The smallest absolute Gasteiger partial charge is 0.253 e. The Bertz CT molecular complexity index is 566. The second-order valence-corrected chi connectivity index (χ2v) is 6.17. The number of nitrogens with zero attached hydrogens (tertiary/aromatic N) is 1. The summed E-state index contributed by atoms with van der Waals surface area (Å²) in [6.45, 7) is 0.921. The molecule has 1 aliphatic rings. The highest BCUT2D eigenvalue weighted by atomic mass is 79.9. The summed E-state index contributed by atoms with van der Waals surface area (Å²) in [7, 11) is 0. The highest BCUT2D eigenvalue weighted by Gasteiger charge is 2.27. The predicted molar refractivity (Wildman–Crippen MR) is 85.0 cm³/mol. The average Bonchev–Trinajstić information content (AvgIpc) is 2.53. The lowest BCUT2D eigenvalue weighted by Crippen LogP contribution is -2.44. The third kappa shape index (κ3) is 4.30. The Kier molecular flexibility index (Phi) is 5.54. The molecule has 6 nitrogen and oxygen atoms in total. The molecule has 0 radical (unpaired) electrons. The van der Waals surface area contributed by atoms with E-state index in [0.717, 1.165) is 4.47 Å². The molecule has 3 N–H and O–H groups in total. The monoisotopic (exact) mass is 367 g/mol. The molecule has 1 heterocycles. The number of likely N-dealkylation sites (tertiary alicyclic amines) is 1. The van der Waals surface area contributed by atoms with Crippen LogP contribution in [0, 0.1) is 5.92 Å². The van der Waals surface area contributed by atoms with Gasteiger partial charge < -0.3 is 16.0 Å². The Morgan fingerprint density at radius 3 is 2.32 bits per heavy atom. The number of hydrogen-bond acceptors (Lipinski definition) is 3. The summed E-state index contributed by atoms with van der Waals surface area (Å²) in [5, 5.41) is 2.51. The third-order valence-electron chi connectivity index (χ3n) is 3.68. The van der Waals surface area contributed by atoms with Gasteiger partial charge in [0.2, 0.25) is 11.8 Å². The number of hydrogen-bond donors (Lipinski definition) is 2. The highest BCUT2D eigenvalue weighted by Crippen LogP contribution is 2.20. The summed E-state index contributed by atoms with van der Waals surface area (Å²) >= 11 is 3.34. The molecule has 1 aromatic carbocycles. The van der Waals surface area contributed by atoms with E-state index in [-0.39, 0.29) is 24.3 Å². The number of nitrogens with two attached hydrogens (primary N) is 1. The van der Waals surface area contributed by atoms with E-state index in [4.69, 9.17) is 5.73 Å². The van der Waals surface area contributed by atoms with Gasteiger partial charge >= 0.3 is 0 Å². The van der Waals surface area contributed by atoms with Crippen molar-refractivity contribution in [2.75, 3.05) is 19.6 Å². The van der Waals surface area contributed by atoms with Crippen LogP contribution in [0.5, 0.6) is 0 Å². The molecule has 1 saturated heterocycles. The molecule has 7 heteroatoms. The Balaban J connectivity index is 1.86. The van der Waals surface area contributed by atoms with Gasteiger partial charge in [-0.05, 0) is 37.1 Å². The van der Waals surface area contributed by atoms with Crippen LogP contribution in [0.25, 0.3) is 0 Å². The van der Waals surface area contributed by atoms with Gasteiger partial charge in [-0.25, -0.2) is 0 Å². The van der Waals surface area contributed by atoms with Crippen LogP contribution in [0.4, 0.5) is 0 Å². The van der Waals surface area contributed by atoms with Crippen molar-refractivity contribution in [2.45, 2.75) is 12.8 Å². The first-order valence-electron chi connectivity index (χ1n) is 7.08. The number of carbonyl (C=O) groups is 3. The van der Waals surface area contributed by atoms with Gasteiger partial charge in [0.15, 0.2) is 0 Å². The maximum absolute atomic E-state index is 12.4. The molecule has 1 fully saturated rings. The van der Waals surface area contributed by atoms with Crippen LogP contribution in [0.3, 0.4) is 0 Å². The molecule has 0 aromatic heterocycles. The molecule has 0 bridgehead atoms. The maximum Gasteiger partial charge on any atom is 0.253 e. The molecule has 2 rings (SSSR count). The molecule has 22 heavy (non-hydrogen) atoms. The SMILES string of the molecule is NC(=O)CNC(=O)C1CCN(C(=O)c2ccc(Br)cc2)CC1. The van der Waals surface area contributed by atoms with Crippen LogP contribution in [0.2, 0.25) is 0 Å². The van der Waals surface area contributed by atoms with E-state index in [1.54, 1.807) is 17.0 Å². The van der Waals surface area contributed by atoms with Crippen molar-refractivity contribution in [3.63, 3.8) is 0 Å². The van der Waals surface area contributed by atoms with Gasteiger partial charge in [-0.15, -0.1) is 0 Å². The molecular weight excluding hydrogens is 350 g/mol. The Morgan fingerprint density at radius 1 is 1.18 bits per heavy atom. The molecule has 0 unspecified atom stereocenters. The average molecular weight is 368 g/mol. The summed E-state index contributed by atoms with van der Waals surface area (Å²) < 4.78 is 0.925. The highest BCUT2D eigenvalue weighted by molar-refractivity contribution is 9.10. The number of rotatable bonds is 4. The topological polar surface area (TPSA) is 92.5 Å². The van der Waals surface area contributed by atoms with Crippen molar-refractivity contribution in [1.29, 1.82) is 0 Å². The second kappa shape index (κ2) is 7.40. The quantitative estimate of drug-likeness (QED) is 0.827. The maximum atomic E-state index is 12.4. The molecule has 1 aliphatic heterocycles. The van der Waals surface area contributed by atoms with E-state index < -0.39 is 5.91 Å². The van der Waals surface area contributed by atoms with Crippen molar-refractivity contribution >= 4 is 33.7 Å². The van der Waals surface area contributed by atoms with Crippen LogP contribution in [-0.4, -0.2) is 42.3 Å². The van der Waals surface area contributed by atoms with Gasteiger partial charge in [0, 0.05) is 29.0 Å². The fourth-order valence-electron chi connectivity index (χ4n) is 2.44. The van der Waals surface area contributed by atoms with Gasteiger partial charge in [0.25, 0.3) is 5.91 Å². The molecule has 0 saturated carbocycles. The van der Waals surface area contributed by atoms with Crippen molar-refractivity contribution in [3.8, 4) is 0 Å². The standard InChI is InChI=1S/C15H18BrN3O3/c16-12-3-1-11(2-4-12)15(22)19-7-5-10(6-8-19)14(21)18-9-13(17)20/h1-4,10H,5-9H2,(H2,17,20)(H,18,21). The number of halogens is 1. The summed E-state index contributed by atoms with van der Waals surface area (Å²) in [5.41, 5.74) is 5.64. The van der Waals surface area contributed by atoms with Crippen molar-refractivity contribution in [2.24, 2.45) is 11.7 Å². The van der Waals surface area contributed by atoms with Crippen molar-refractivity contribution in [3.05, 3.63) is 34.3 Å². The number of benzene rings is 1. The normalized spacial score (nSPS) is 15.4. The lowest BCUT2D eigenvalue weighted by atomic mass is 9.95. The lowest BCUT2D eigenvalue weighted by molar-refractivity contribution is -0.128. The molecule has 0 spiro atoms. The zero-order chi connectivity index (χ0) is 16.1. The number of carbonyl (C=O) groups excluding carboxylic acids is 3. The van der Waals surface area contributed by atoms with Crippen molar-refractivity contribution < 1.29 is 14.4 Å². The second-order valence-electron chi connectivity index (χ2n) is 5.26. The van der Waals surface area contributed by atoms with Gasteiger partial charge in [0.05, 0.1) is 6.54 Å². The van der Waals surface area contributed by atoms with Crippen LogP contribution in [-0.2, 0) is 9.59 Å². The largest absolute Gasteiger partial charge is 0.368 e. The minimum Gasteiger partial charge on any atom is -0.368 e. The molecule has 0 atom stereocenters. The van der Waals surface area contributed by atoms with Crippen molar-refractivity contribution in [1.82, 2.24) is 10.2 Å². The van der Waals surface area contributed by atoms with Gasteiger partial charge in [-0.3, -0.25) is 14.4 Å². The summed E-state index contributed by atoms with van der Waals surface area (Å²) in [5.74, 6) is -0.928. The Labute approximate surface area is 137 Å². The van der Waals surface area contributed by atoms with E-state index in [1.165, 1.54) is 0 Å². The molecule has 118 valence electrons. The number of amides is 3. The van der Waals surface area contributed by atoms with Crippen LogP contribution in [0.15, 0.2) is 28.7 Å². The first kappa shape index (κ1) is 16.5. The molecule has 1 aromatic rings. The molecule has 0 aliphatic carbocycles. The zero-order valence-electron chi connectivity index (χ0n) is 12.0. The summed E-state index contributed by atoms with van der Waals surface area (Å²) in [4.78, 5) is 36.6. The third-order valence-corrected chi connectivity index (χ3v) is 4.21. The summed E-state index contributed by atoms with van der Waals surface area (Å²) in [6.07, 6.45) is 1.18. The summed E-state index contributed by atoms with van der Waals surface area (Å²) in [6, 6.07) is 7.21. The first-order chi connectivity index (χ1) is 10.5. The Hall–Kier alpha value is -1.89. The van der Waals surface area contributed by atoms with Gasteiger partial charge in [0.1, 0.15) is 0 Å². The Morgan fingerprint density at radius 2 is 1.77 bits per heavy atom. The van der Waals surface area contributed by atoms with Gasteiger partial charge in [-0.1, -0.05) is 15.9 Å². The van der Waals surface area contributed by atoms with Crippen LogP contribution < -0.4 is 11.1 Å². The number of nitrogens with one attached hydrogen (secondary N) is 1. The minimum atomic E-state index is -0.559. The number of piperidine rings is 1. The van der Waals surface area contributed by atoms with Gasteiger partial charge in [-0.2, -0.15) is 0 Å². The zero-order valence-corrected chi connectivity index (χ0v) is 13.6. The molecular formula is C15H18BrN3O3. The van der Waals surface area contributed by atoms with E-state index in [2.05, 4.69) is 21.2 Å². The van der Waals surface area contributed by atoms with E-state index in [1.807, 2.05) is 12.1 Å². The first-order valence-corrected chi connectivity index (χ1v) is 7.87. The van der Waals surface area contributed by atoms with E-state index in [0.29, 0.717) is 31.5 Å². The minimum absolute atomic E-state index is 0.0245. The number of primary amides is 1. The lowest BCUT2D eigenvalue weighted by Gasteiger charge is -2.31. The van der Waals surface area contributed by atoms with Crippen LogP contribution in [0.1, 0.15) is 23.2 Å². The van der Waals surface area contributed by atoms with Crippen LogP contribution >= 0.6 is 15.9 Å². The van der Waals surface area contributed by atoms with E-state index >= 15 is 0 Å². The van der Waals surface area contributed by atoms with E-state index in [9.17, 15) is 14.4 Å². The predicted octanol–water partition coefficient (Wildman–Crippen LogP) is 0.903.